The number of aryl methyl sites for hydroxylation is 1. The van der Waals surface area contributed by atoms with Crippen molar-refractivity contribution < 1.29 is 38.9 Å². The lowest BCUT2D eigenvalue weighted by Crippen LogP contribution is -2.35. The lowest BCUT2D eigenvalue weighted by Gasteiger charge is -2.25. The Kier molecular flexibility index (Phi) is 5.78. The smallest absolute Gasteiger partial charge is 0.315 e. The molecule has 8 heteroatoms. The minimum absolute atomic E-state index is 0.188. The van der Waals surface area contributed by atoms with Gasteiger partial charge in [-0.3, -0.25) is 19.2 Å². The highest BCUT2D eigenvalue weighted by molar-refractivity contribution is 6.13. The van der Waals surface area contributed by atoms with Crippen molar-refractivity contribution in [2.24, 2.45) is 47.3 Å². The number of carbonyl (C=O) groups is 4. The van der Waals surface area contributed by atoms with Gasteiger partial charge in [0.05, 0.1) is 23.7 Å². The predicted molar refractivity (Wildman–Crippen MR) is 148 cm³/mol. The summed E-state index contributed by atoms with van der Waals surface area (Å²) in [5.74, 6) is -6.66. The van der Waals surface area contributed by atoms with E-state index >= 15 is 0 Å². The average Bonchev–Trinajstić information content (AvgIpc) is 3.75. The van der Waals surface area contributed by atoms with Crippen molar-refractivity contribution in [2.45, 2.75) is 19.8 Å². The monoisotopic (exact) mass is 552 g/mol. The molecule has 4 bridgehead atoms. The third kappa shape index (κ3) is 3.88. The molecule has 0 spiro atoms. The molecule has 0 radical (unpaired) electrons. The number of esters is 2. The second-order valence-electron chi connectivity index (χ2n) is 11.8. The summed E-state index contributed by atoms with van der Waals surface area (Å²) in [5.41, 5.74) is 0.887. The van der Waals surface area contributed by atoms with E-state index in [0.717, 1.165) is 5.56 Å². The number of allylic oxidation sites excluding steroid dienone is 4. The van der Waals surface area contributed by atoms with Gasteiger partial charge in [-0.25, -0.2) is 0 Å². The van der Waals surface area contributed by atoms with Gasteiger partial charge >= 0.3 is 23.9 Å². The van der Waals surface area contributed by atoms with Crippen molar-refractivity contribution in [1.29, 1.82) is 0 Å². The van der Waals surface area contributed by atoms with E-state index in [1.54, 1.807) is 30.3 Å². The number of aliphatic carboxylic acids is 2. The van der Waals surface area contributed by atoms with E-state index in [2.05, 4.69) is 0 Å². The first-order chi connectivity index (χ1) is 19.7. The van der Waals surface area contributed by atoms with Crippen LogP contribution in [-0.2, 0) is 19.2 Å². The predicted octanol–water partition coefficient (Wildman–Crippen LogP) is 5.16. The molecular formula is C33H28O8. The summed E-state index contributed by atoms with van der Waals surface area (Å²) in [6, 6.07) is 12.6. The van der Waals surface area contributed by atoms with E-state index < -0.39 is 47.5 Å². The molecule has 208 valence electrons. The van der Waals surface area contributed by atoms with Gasteiger partial charge in [-0.2, -0.15) is 0 Å². The maximum Gasteiger partial charge on any atom is 0.315 e. The molecule has 0 saturated heterocycles. The van der Waals surface area contributed by atoms with Gasteiger partial charge in [0.25, 0.3) is 0 Å². The number of hydrogen-bond acceptors (Lipinski definition) is 6. The SMILES string of the molecule is Cc1ccc2c(OC(=O)C3C4C=CC(C4)C3C(=O)O)c3ccccc3c(OC(=O)C3C4C=CC(C4)C3C(=O)O)c2c1. The van der Waals surface area contributed by atoms with Crippen molar-refractivity contribution in [2.75, 3.05) is 0 Å². The van der Waals surface area contributed by atoms with Crippen molar-refractivity contribution >= 4 is 45.4 Å². The fourth-order valence-electron chi connectivity index (χ4n) is 7.73. The first kappa shape index (κ1) is 25.5. The zero-order valence-corrected chi connectivity index (χ0v) is 22.2. The molecule has 4 aliphatic rings. The molecule has 2 fully saturated rings. The molecule has 8 atom stereocenters. The van der Waals surface area contributed by atoms with Crippen molar-refractivity contribution in [3.8, 4) is 11.5 Å². The van der Waals surface area contributed by atoms with Crippen LogP contribution in [-0.4, -0.2) is 34.1 Å². The highest BCUT2D eigenvalue weighted by Crippen LogP contribution is 2.51. The zero-order valence-electron chi connectivity index (χ0n) is 22.2. The fraction of sp³-hybridized carbons (Fsp3) is 0.333. The van der Waals surface area contributed by atoms with Crippen LogP contribution in [0.3, 0.4) is 0 Å². The Morgan fingerprint density at radius 2 is 1.02 bits per heavy atom. The molecule has 3 aromatic carbocycles. The number of benzene rings is 3. The molecule has 41 heavy (non-hydrogen) atoms. The van der Waals surface area contributed by atoms with Gasteiger partial charge in [-0.1, -0.05) is 66.3 Å². The van der Waals surface area contributed by atoms with E-state index in [-0.39, 0.29) is 35.2 Å². The first-order valence-electron chi connectivity index (χ1n) is 13.9. The van der Waals surface area contributed by atoms with Gasteiger partial charge in [-0.15, -0.1) is 0 Å². The molecule has 2 N–H and O–H groups in total. The first-order valence-corrected chi connectivity index (χ1v) is 13.9. The molecule has 0 aliphatic heterocycles. The van der Waals surface area contributed by atoms with E-state index in [1.165, 1.54) is 0 Å². The van der Waals surface area contributed by atoms with Gasteiger partial charge in [0.2, 0.25) is 0 Å². The Morgan fingerprint density at radius 1 is 0.610 bits per heavy atom. The second-order valence-corrected chi connectivity index (χ2v) is 11.8. The minimum Gasteiger partial charge on any atom is -0.481 e. The number of carbonyl (C=O) groups excluding carboxylic acids is 2. The molecule has 4 aliphatic carbocycles. The third-order valence-corrected chi connectivity index (χ3v) is 9.52. The van der Waals surface area contributed by atoms with Gasteiger partial charge in [0.1, 0.15) is 11.5 Å². The van der Waals surface area contributed by atoms with Gasteiger partial charge in [-0.05, 0) is 49.5 Å². The number of carboxylic acid groups (broad SMARTS) is 2. The Hall–Kier alpha value is -4.46. The summed E-state index contributed by atoms with van der Waals surface area (Å²) in [6.07, 6.45) is 8.81. The number of fused-ring (bicyclic) bond motifs is 6. The number of ether oxygens (including phenoxy) is 2. The summed E-state index contributed by atoms with van der Waals surface area (Å²) in [4.78, 5) is 51.4. The summed E-state index contributed by atoms with van der Waals surface area (Å²) >= 11 is 0. The lowest BCUT2D eigenvalue weighted by atomic mass is 9.83. The molecular weight excluding hydrogens is 524 g/mol. The Morgan fingerprint density at radius 3 is 1.49 bits per heavy atom. The van der Waals surface area contributed by atoms with Crippen LogP contribution in [0.2, 0.25) is 0 Å². The van der Waals surface area contributed by atoms with Crippen LogP contribution in [0.25, 0.3) is 21.5 Å². The fourth-order valence-corrected chi connectivity index (χ4v) is 7.73. The third-order valence-electron chi connectivity index (χ3n) is 9.52. The molecule has 7 rings (SSSR count). The van der Waals surface area contributed by atoms with Gasteiger partial charge < -0.3 is 19.7 Å². The molecule has 8 nitrogen and oxygen atoms in total. The topological polar surface area (TPSA) is 127 Å². The van der Waals surface area contributed by atoms with E-state index in [9.17, 15) is 29.4 Å². The van der Waals surface area contributed by atoms with Crippen LogP contribution in [0.1, 0.15) is 18.4 Å². The van der Waals surface area contributed by atoms with Crippen LogP contribution >= 0.6 is 0 Å². The molecule has 2 saturated carbocycles. The van der Waals surface area contributed by atoms with Crippen molar-refractivity contribution in [3.63, 3.8) is 0 Å². The molecule has 0 amide bonds. The van der Waals surface area contributed by atoms with Crippen LogP contribution in [0.15, 0.2) is 66.8 Å². The summed E-state index contributed by atoms with van der Waals surface area (Å²) in [5, 5.41) is 21.9. The Balaban J connectivity index is 1.32. The van der Waals surface area contributed by atoms with E-state index in [4.69, 9.17) is 9.47 Å². The maximum absolute atomic E-state index is 13.6. The molecule has 0 heterocycles. The van der Waals surface area contributed by atoms with Crippen LogP contribution < -0.4 is 9.47 Å². The normalized spacial score (nSPS) is 30.8. The van der Waals surface area contributed by atoms with Crippen LogP contribution in [0.4, 0.5) is 0 Å². The maximum atomic E-state index is 13.6. The average molecular weight is 553 g/mol. The van der Waals surface area contributed by atoms with Gasteiger partial charge in [0.15, 0.2) is 0 Å². The summed E-state index contributed by atoms with van der Waals surface area (Å²) in [7, 11) is 0. The van der Waals surface area contributed by atoms with Gasteiger partial charge in [0, 0.05) is 21.5 Å². The zero-order chi connectivity index (χ0) is 28.6. The van der Waals surface area contributed by atoms with E-state index in [0.29, 0.717) is 34.4 Å². The lowest BCUT2D eigenvalue weighted by molar-refractivity contribution is -0.152. The molecule has 8 unspecified atom stereocenters. The highest BCUT2D eigenvalue weighted by Gasteiger charge is 2.54. The largest absolute Gasteiger partial charge is 0.481 e. The molecule has 0 aromatic heterocycles. The van der Waals surface area contributed by atoms with Crippen molar-refractivity contribution in [1.82, 2.24) is 0 Å². The Labute approximate surface area is 235 Å². The Bertz CT molecular complexity index is 1720. The standard InChI is InChI=1S/C33H28O8/c1-15-6-11-22-23(12-15)29(41-33(39)27-19-10-8-17(14-19)25(27)31(36)37)21-5-3-2-4-20(21)28(22)40-32(38)26-18-9-7-16(13-18)24(26)30(34)35/h2-12,16-19,24-27H,13-14H2,1H3,(H,34,35)(H,36,37). The minimum atomic E-state index is -1.01. The molecule has 3 aromatic rings. The van der Waals surface area contributed by atoms with Crippen LogP contribution in [0, 0.1) is 54.3 Å². The summed E-state index contributed by atoms with van der Waals surface area (Å²) < 4.78 is 12.2. The number of hydrogen-bond donors (Lipinski definition) is 2. The van der Waals surface area contributed by atoms with Crippen molar-refractivity contribution in [3.05, 3.63) is 72.3 Å². The summed E-state index contributed by atoms with van der Waals surface area (Å²) in [6.45, 7) is 1.89. The quantitative estimate of drug-likeness (QED) is 0.186. The number of carboxylic acids is 2. The number of rotatable bonds is 6. The second kappa shape index (κ2) is 9.29. The highest BCUT2D eigenvalue weighted by atomic mass is 16.5. The van der Waals surface area contributed by atoms with Crippen LogP contribution in [0.5, 0.6) is 11.5 Å². The van der Waals surface area contributed by atoms with E-state index in [1.807, 2.05) is 43.4 Å².